The number of aliphatic hydroxyl groups is 1. The fraction of sp³-hybridized carbons (Fsp3) is 0.444. The van der Waals surface area contributed by atoms with Gasteiger partial charge in [-0.2, -0.15) is 0 Å². The summed E-state index contributed by atoms with van der Waals surface area (Å²) >= 11 is 0. The second kappa shape index (κ2) is 7.57. The third-order valence-corrected chi connectivity index (χ3v) is 7.73. The van der Waals surface area contributed by atoms with Gasteiger partial charge in [0.2, 0.25) is 0 Å². The first-order valence-corrected chi connectivity index (χ1v) is 11.5. The fourth-order valence-corrected chi connectivity index (χ4v) is 5.90. The van der Waals surface area contributed by atoms with E-state index in [1.54, 1.807) is 43.5 Å². The van der Waals surface area contributed by atoms with Crippen molar-refractivity contribution in [3.8, 4) is 11.5 Å². The van der Waals surface area contributed by atoms with Crippen molar-refractivity contribution in [1.29, 1.82) is 0 Å². The summed E-state index contributed by atoms with van der Waals surface area (Å²) in [5.41, 5.74) is -1.07. The molecule has 34 heavy (non-hydrogen) atoms. The molecule has 2 fully saturated rings. The van der Waals surface area contributed by atoms with Gasteiger partial charge in [0.15, 0.2) is 11.7 Å². The fourth-order valence-electron chi connectivity index (χ4n) is 5.90. The number of benzene rings is 2. The van der Waals surface area contributed by atoms with Crippen LogP contribution in [0.3, 0.4) is 0 Å². The Morgan fingerprint density at radius 2 is 1.79 bits per heavy atom. The third kappa shape index (κ3) is 3.26. The molecule has 0 aromatic heterocycles. The van der Waals surface area contributed by atoms with Crippen molar-refractivity contribution in [2.24, 2.45) is 11.8 Å². The molecule has 0 bridgehead atoms. The maximum Gasteiger partial charge on any atom is 0.257 e. The van der Waals surface area contributed by atoms with Crippen LogP contribution in [0.4, 0.5) is 5.69 Å². The van der Waals surface area contributed by atoms with Crippen molar-refractivity contribution in [3.05, 3.63) is 59.2 Å². The van der Waals surface area contributed by atoms with E-state index in [4.69, 9.17) is 14.2 Å². The van der Waals surface area contributed by atoms with Gasteiger partial charge in [-0.1, -0.05) is 24.3 Å². The molecule has 7 nitrogen and oxygen atoms in total. The number of nitrogens with one attached hydrogen (secondary N) is 1. The number of phenols is 1. The summed E-state index contributed by atoms with van der Waals surface area (Å²) in [6.45, 7) is 6.32. The molecule has 1 aliphatic carbocycles. The minimum atomic E-state index is -1.91. The minimum Gasteiger partial charge on any atom is -0.507 e. The van der Waals surface area contributed by atoms with Crippen molar-refractivity contribution >= 4 is 17.7 Å². The van der Waals surface area contributed by atoms with Gasteiger partial charge >= 0.3 is 0 Å². The Morgan fingerprint density at radius 1 is 1.09 bits per heavy atom. The summed E-state index contributed by atoms with van der Waals surface area (Å²) < 4.78 is 17.0. The molecule has 2 heterocycles. The largest absolute Gasteiger partial charge is 0.507 e. The first-order chi connectivity index (χ1) is 16.0. The Labute approximate surface area is 199 Å². The molecule has 180 valence electrons. The van der Waals surface area contributed by atoms with Crippen LogP contribution in [0.5, 0.6) is 11.5 Å². The number of hydrogen-bond acceptors (Lipinski definition) is 6. The van der Waals surface area contributed by atoms with Crippen molar-refractivity contribution < 1.29 is 29.2 Å². The number of fused-ring (bicyclic) bond motifs is 2. The highest BCUT2D eigenvalue weighted by Crippen LogP contribution is 2.62. The van der Waals surface area contributed by atoms with E-state index in [0.29, 0.717) is 34.4 Å². The lowest BCUT2D eigenvalue weighted by Crippen LogP contribution is -2.52. The number of amides is 1. The second-order valence-corrected chi connectivity index (χ2v) is 10.2. The molecule has 2 aliphatic heterocycles. The Bertz CT molecular complexity index is 1170. The van der Waals surface area contributed by atoms with Crippen LogP contribution in [0.15, 0.2) is 42.5 Å². The minimum absolute atomic E-state index is 0.123. The van der Waals surface area contributed by atoms with E-state index in [2.05, 4.69) is 26.1 Å². The number of carbonyl (C=O) groups excluding carboxylic acids is 1. The monoisotopic (exact) mass is 465 g/mol. The van der Waals surface area contributed by atoms with Gasteiger partial charge in [-0.05, 0) is 68.9 Å². The predicted octanol–water partition coefficient (Wildman–Crippen LogP) is 3.82. The average Bonchev–Trinajstić information content (AvgIpc) is 3.58. The number of ether oxygens (including phenoxy) is 3. The van der Waals surface area contributed by atoms with Crippen molar-refractivity contribution in [2.45, 2.75) is 50.1 Å². The zero-order chi connectivity index (χ0) is 24.5. The van der Waals surface area contributed by atoms with Gasteiger partial charge in [0.05, 0.1) is 29.6 Å². The van der Waals surface area contributed by atoms with Crippen LogP contribution >= 0.6 is 0 Å². The first kappa shape index (κ1) is 22.9. The summed E-state index contributed by atoms with van der Waals surface area (Å²) in [5, 5.41) is 26.1. The second-order valence-electron chi connectivity index (χ2n) is 10.2. The number of hydrogen-bond donors (Lipinski definition) is 3. The predicted molar refractivity (Wildman–Crippen MR) is 128 cm³/mol. The van der Waals surface area contributed by atoms with E-state index in [9.17, 15) is 15.0 Å². The normalized spacial score (nSPS) is 33.4. The highest BCUT2D eigenvalue weighted by atomic mass is 16.5. The third-order valence-electron chi connectivity index (χ3n) is 7.73. The van der Waals surface area contributed by atoms with Crippen LogP contribution < -0.4 is 10.1 Å². The van der Waals surface area contributed by atoms with E-state index >= 15 is 0 Å². The molecule has 3 aliphatic rings. The molecular weight excluding hydrogens is 434 g/mol. The number of anilines is 1. The summed E-state index contributed by atoms with van der Waals surface area (Å²) in [6, 6.07) is 10.1. The molecule has 2 aromatic rings. The van der Waals surface area contributed by atoms with E-state index in [0.717, 1.165) is 6.42 Å². The SMILES string of the molecule is COc1ccc([C@@]2(O)c3c(ccc(/C=C/[C@@]4(C)OC(C)(C)[C@H]5C[C@H]54)c3O)NC(=O)[C@@H]2OC)cc1. The molecule has 2 aromatic carbocycles. The quantitative estimate of drug-likeness (QED) is 0.621. The molecule has 0 spiro atoms. The van der Waals surface area contributed by atoms with Gasteiger partial charge in [0.25, 0.3) is 5.91 Å². The molecule has 1 saturated carbocycles. The van der Waals surface area contributed by atoms with Crippen LogP contribution in [0.1, 0.15) is 43.9 Å². The zero-order valence-electron chi connectivity index (χ0n) is 20.1. The Balaban J connectivity index is 1.60. The molecule has 1 amide bonds. The smallest absolute Gasteiger partial charge is 0.257 e. The maximum absolute atomic E-state index is 12.8. The number of carbonyl (C=O) groups is 1. The van der Waals surface area contributed by atoms with Crippen LogP contribution in [0, 0.1) is 11.8 Å². The van der Waals surface area contributed by atoms with Crippen molar-refractivity contribution in [3.63, 3.8) is 0 Å². The Hall–Kier alpha value is -2.87. The van der Waals surface area contributed by atoms with Gasteiger partial charge < -0.3 is 29.7 Å². The molecule has 1 saturated heterocycles. The van der Waals surface area contributed by atoms with Crippen molar-refractivity contribution in [2.75, 3.05) is 19.5 Å². The van der Waals surface area contributed by atoms with Crippen LogP contribution in [0.25, 0.3) is 6.08 Å². The van der Waals surface area contributed by atoms with E-state index in [1.807, 2.05) is 12.2 Å². The van der Waals surface area contributed by atoms with Crippen LogP contribution in [0.2, 0.25) is 0 Å². The molecule has 5 rings (SSSR count). The van der Waals surface area contributed by atoms with Gasteiger partial charge in [0.1, 0.15) is 11.5 Å². The molecule has 0 radical (unpaired) electrons. The average molecular weight is 466 g/mol. The van der Waals surface area contributed by atoms with E-state index < -0.39 is 23.2 Å². The topological polar surface area (TPSA) is 97.3 Å². The number of phenolic OH excluding ortho intramolecular Hbond substituents is 1. The molecule has 3 N–H and O–H groups in total. The van der Waals surface area contributed by atoms with Crippen molar-refractivity contribution in [1.82, 2.24) is 0 Å². The summed E-state index contributed by atoms with van der Waals surface area (Å²) in [5.74, 6) is 0.977. The summed E-state index contributed by atoms with van der Waals surface area (Å²) in [7, 11) is 2.91. The molecular formula is C27H31NO6. The lowest BCUT2D eigenvalue weighted by atomic mass is 9.76. The van der Waals surface area contributed by atoms with Crippen LogP contribution in [-0.4, -0.2) is 47.6 Å². The van der Waals surface area contributed by atoms with E-state index in [-0.39, 0.29) is 16.9 Å². The highest BCUT2D eigenvalue weighted by molar-refractivity contribution is 6.00. The van der Waals surface area contributed by atoms with Gasteiger partial charge in [-0.25, -0.2) is 0 Å². The molecule has 7 heteroatoms. The number of aromatic hydroxyl groups is 1. The lowest BCUT2D eigenvalue weighted by Gasteiger charge is -2.40. The highest BCUT2D eigenvalue weighted by Gasteiger charge is 2.64. The standard InChI is InChI=1S/C27H31NO6/c1-25(2)18-14-19(18)26(3,34-25)13-12-15-6-11-20-21(22(15)29)27(31,23(33-5)24(30)28-20)16-7-9-17(32-4)10-8-16/h6-13,18-19,23,29,31H,14H2,1-5H3,(H,28,30)/b13-12+/t18-,19+,23-,26+,27+/m0/s1. The van der Waals surface area contributed by atoms with Gasteiger partial charge in [0, 0.05) is 12.7 Å². The molecule has 5 atom stereocenters. The van der Waals surface area contributed by atoms with Gasteiger partial charge in [-0.15, -0.1) is 0 Å². The number of rotatable bonds is 5. The first-order valence-electron chi connectivity index (χ1n) is 11.5. The summed E-state index contributed by atoms with van der Waals surface area (Å²) in [6.07, 6.45) is 3.69. The lowest BCUT2D eigenvalue weighted by molar-refractivity contribution is -0.142. The van der Waals surface area contributed by atoms with Crippen LogP contribution in [-0.2, 0) is 19.9 Å². The zero-order valence-corrected chi connectivity index (χ0v) is 20.1. The van der Waals surface area contributed by atoms with Gasteiger partial charge in [-0.3, -0.25) is 4.79 Å². The maximum atomic E-state index is 12.8. The Morgan fingerprint density at radius 3 is 2.35 bits per heavy atom. The van der Waals surface area contributed by atoms with E-state index in [1.165, 1.54) is 7.11 Å². The summed E-state index contributed by atoms with van der Waals surface area (Å²) in [4.78, 5) is 12.8. The Kier molecular flexibility index (Phi) is 5.10. The number of methoxy groups -OCH3 is 2. The molecule has 0 unspecified atom stereocenters.